The highest BCUT2D eigenvalue weighted by molar-refractivity contribution is 6.47. The van der Waals surface area contributed by atoms with Gasteiger partial charge < -0.3 is 52.7 Å². The summed E-state index contributed by atoms with van der Waals surface area (Å²) < 4.78 is 12.8. The van der Waals surface area contributed by atoms with Crippen LogP contribution < -0.4 is 43.4 Å². The number of rotatable bonds is 24. The normalized spacial score (nSPS) is 22.3. The molecule has 6 rings (SSSR count). The van der Waals surface area contributed by atoms with Crippen molar-refractivity contribution in [3.8, 4) is 11.1 Å². The molecule has 1 heterocycles. The Bertz CT molecular complexity index is 2150. The largest absolute Gasteiger partial charge is 0.481 e. The zero-order chi connectivity index (χ0) is 50.8. The summed E-state index contributed by atoms with van der Waals surface area (Å²) >= 11 is 0. The minimum Gasteiger partial charge on any atom is -0.404 e. The summed E-state index contributed by atoms with van der Waals surface area (Å²) in [6.07, 6.45) is 5.83. The van der Waals surface area contributed by atoms with Gasteiger partial charge in [-0.1, -0.05) is 84.4 Å². The fraction of sp³-hybridized carbons (Fsp3) is 0.627. The SMILES string of the molecule is CCCCc1ccc(-c2ccc(C(=O)NCCC(=O)N[C@@H](CCCCN)C(=O)N[C@H](C(=O)N[C@@H](C)C(=O)N[C@@H](CC(N)=O)C(=O)N[C@@H](C)B3OC4C[C@@H]5C[C@@H](C5(C)C)[C@]4(C)O3)C(C)(C)C)cc2)cc1. The number of amides is 7. The van der Waals surface area contributed by atoms with Gasteiger partial charge in [0.05, 0.1) is 24.1 Å². The molecule has 3 aliphatic carbocycles. The number of carbonyl (C=O) groups excluding carboxylic acids is 7. The number of aryl methyl sites for hydroxylation is 1. The number of hydrogen-bond donors (Lipinski definition) is 8. The van der Waals surface area contributed by atoms with Crippen LogP contribution >= 0.6 is 0 Å². The molecule has 4 fully saturated rings. The molecule has 0 aromatic heterocycles. The van der Waals surface area contributed by atoms with Crippen LogP contribution in [0.2, 0.25) is 0 Å². The molecule has 9 atom stereocenters. The van der Waals surface area contributed by atoms with Gasteiger partial charge in [0, 0.05) is 18.5 Å². The van der Waals surface area contributed by atoms with Crippen molar-refractivity contribution >= 4 is 48.5 Å². The molecule has 4 aliphatic rings. The molecule has 17 nitrogen and oxygen atoms in total. The average molecular weight is 957 g/mol. The number of nitrogens with one attached hydrogen (secondary N) is 6. The monoisotopic (exact) mass is 957 g/mol. The van der Waals surface area contributed by atoms with E-state index in [2.05, 4.69) is 83.9 Å². The predicted octanol–water partition coefficient (Wildman–Crippen LogP) is 3.60. The molecule has 378 valence electrons. The van der Waals surface area contributed by atoms with Gasteiger partial charge in [0.15, 0.2) is 0 Å². The minimum absolute atomic E-state index is 0.0132. The lowest BCUT2D eigenvalue weighted by atomic mass is 9.43. The van der Waals surface area contributed by atoms with E-state index in [9.17, 15) is 33.6 Å². The third kappa shape index (κ3) is 13.9. The Morgan fingerprint density at radius 3 is 2.01 bits per heavy atom. The van der Waals surface area contributed by atoms with Gasteiger partial charge in [0.2, 0.25) is 35.4 Å². The van der Waals surface area contributed by atoms with Crippen molar-refractivity contribution in [1.29, 1.82) is 0 Å². The van der Waals surface area contributed by atoms with E-state index < -0.39 is 90.1 Å². The highest BCUT2D eigenvalue weighted by Gasteiger charge is 2.68. The predicted molar refractivity (Wildman–Crippen MR) is 265 cm³/mol. The van der Waals surface area contributed by atoms with Crippen LogP contribution in [0.5, 0.6) is 0 Å². The lowest BCUT2D eigenvalue weighted by Crippen LogP contribution is -2.65. The van der Waals surface area contributed by atoms with Crippen molar-refractivity contribution in [2.75, 3.05) is 13.1 Å². The van der Waals surface area contributed by atoms with Crippen LogP contribution in [-0.4, -0.2) is 103 Å². The standard InChI is InChI=1S/C51H77BN8O9/c1-10-11-14-32-16-18-33(19-17-32)34-20-22-35(23-21-34)45(64)55-26-24-42(62)58-37(15-12-13-25-53)46(65)60-43(49(4,5)6)48(67)56-30(2)44(63)59-38(29-41(54)61)47(66)57-31(3)52-68-40-28-36-27-39(50(36,7)8)51(40,9)69-52/h16-23,30-31,36-40,43H,10-15,24-29,53H2,1-9H3,(H2,54,61)(H,55,64)(H,56,67)(H,57,66)(H,58,62)(H,59,63)(H,60,65)/t30-,31-,36-,37-,38-,39-,40?,43+,51-/m0/s1. The van der Waals surface area contributed by atoms with Crippen molar-refractivity contribution < 1.29 is 42.9 Å². The maximum absolute atomic E-state index is 13.9. The van der Waals surface area contributed by atoms with E-state index in [1.165, 1.54) is 12.5 Å². The molecule has 1 unspecified atom stereocenters. The first-order chi connectivity index (χ1) is 32.5. The number of hydrogen-bond acceptors (Lipinski definition) is 10. The first kappa shape index (κ1) is 54.6. The van der Waals surface area contributed by atoms with Gasteiger partial charge in [-0.2, -0.15) is 0 Å². The Balaban J connectivity index is 1.12. The molecule has 0 radical (unpaired) electrons. The molecule has 69 heavy (non-hydrogen) atoms. The van der Waals surface area contributed by atoms with Gasteiger partial charge in [0.25, 0.3) is 5.91 Å². The fourth-order valence-corrected chi connectivity index (χ4v) is 9.97. The molecule has 10 N–H and O–H groups in total. The van der Waals surface area contributed by atoms with E-state index in [0.29, 0.717) is 36.8 Å². The maximum atomic E-state index is 13.9. The molecule has 1 aliphatic heterocycles. The molecule has 18 heteroatoms. The summed E-state index contributed by atoms with van der Waals surface area (Å²) in [5, 5.41) is 16.3. The van der Waals surface area contributed by atoms with Crippen molar-refractivity contribution in [3.05, 3.63) is 59.7 Å². The number of carbonyl (C=O) groups is 7. The molecule has 3 saturated carbocycles. The molecular weight excluding hydrogens is 879 g/mol. The Kier molecular flexibility index (Phi) is 18.6. The molecule has 2 aromatic carbocycles. The van der Waals surface area contributed by atoms with Crippen LogP contribution in [0.4, 0.5) is 0 Å². The summed E-state index contributed by atoms with van der Waals surface area (Å²) in [6.45, 7) is 17.5. The lowest BCUT2D eigenvalue weighted by Gasteiger charge is -2.64. The van der Waals surface area contributed by atoms with Gasteiger partial charge in [-0.3, -0.25) is 33.6 Å². The third-order valence-electron chi connectivity index (χ3n) is 14.4. The van der Waals surface area contributed by atoms with E-state index in [4.69, 9.17) is 20.8 Å². The number of benzene rings is 2. The van der Waals surface area contributed by atoms with Gasteiger partial charge in [-0.15, -0.1) is 0 Å². The van der Waals surface area contributed by atoms with Gasteiger partial charge >= 0.3 is 7.12 Å². The van der Waals surface area contributed by atoms with Crippen molar-refractivity contribution in [1.82, 2.24) is 31.9 Å². The smallest absolute Gasteiger partial charge is 0.404 e. The molecule has 1 saturated heterocycles. The lowest BCUT2D eigenvalue weighted by molar-refractivity contribution is -0.199. The Morgan fingerprint density at radius 2 is 1.42 bits per heavy atom. The van der Waals surface area contributed by atoms with E-state index in [1.54, 1.807) is 39.8 Å². The van der Waals surface area contributed by atoms with E-state index in [-0.39, 0.29) is 36.8 Å². The molecule has 0 spiro atoms. The van der Waals surface area contributed by atoms with Crippen LogP contribution in [0, 0.1) is 22.7 Å². The second kappa shape index (κ2) is 23.5. The maximum Gasteiger partial charge on any atom is 0.481 e. The Morgan fingerprint density at radius 1 is 0.783 bits per heavy atom. The van der Waals surface area contributed by atoms with Gasteiger partial charge in [-0.05, 0) is 124 Å². The Labute approximate surface area is 408 Å². The Hall–Kier alpha value is -5.33. The quantitative estimate of drug-likeness (QED) is 0.0560. The molecule has 2 bridgehead atoms. The van der Waals surface area contributed by atoms with E-state index in [0.717, 1.165) is 43.2 Å². The zero-order valence-corrected chi connectivity index (χ0v) is 42.1. The van der Waals surface area contributed by atoms with Crippen molar-refractivity contribution in [2.24, 2.45) is 34.1 Å². The molecular formula is C51H77BN8O9. The topological polar surface area (TPSA) is 262 Å². The third-order valence-corrected chi connectivity index (χ3v) is 14.4. The average Bonchev–Trinajstić information content (AvgIpc) is 3.66. The highest BCUT2D eigenvalue weighted by atomic mass is 16.7. The second-order valence-electron chi connectivity index (χ2n) is 21.2. The van der Waals surface area contributed by atoms with Crippen LogP contribution in [0.25, 0.3) is 11.1 Å². The van der Waals surface area contributed by atoms with Gasteiger partial charge in [0.1, 0.15) is 24.2 Å². The van der Waals surface area contributed by atoms with E-state index >= 15 is 0 Å². The van der Waals surface area contributed by atoms with Gasteiger partial charge in [-0.25, -0.2) is 0 Å². The summed E-state index contributed by atoms with van der Waals surface area (Å²) in [6, 6.07) is 10.8. The van der Waals surface area contributed by atoms with Crippen molar-refractivity contribution in [3.63, 3.8) is 0 Å². The van der Waals surface area contributed by atoms with Crippen LogP contribution in [0.1, 0.15) is 136 Å². The van der Waals surface area contributed by atoms with Crippen molar-refractivity contribution in [2.45, 2.75) is 168 Å². The minimum atomic E-state index is -1.37. The van der Waals surface area contributed by atoms with Crippen LogP contribution in [0.15, 0.2) is 48.5 Å². The summed E-state index contributed by atoms with van der Waals surface area (Å²) in [5.74, 6) is -4.22. The van der Waals surface area contributed by atoms with E-state index in [1.807, 2.05) is 12.1 Å². The first-order valence-corrected chi connectivity index (χ1v) is 24.8. The summed E-state index contributed by atoms with van der Waals surface area (Å²) in [7, 11) is -0.743. The summed E-state index contributed by atoms with van der Waals surface area (Å²) in [5.41, 5.74) is 13.7. The van der Waals surface area contributed by atoms with Crippen LogP contribution in [0.3, 0.4) is 0 Å². The summed E-state index contributed by atoms with van der Waals surface area (Å²) in [4.78, 5) is 93.1. The highest BCUT2D eigenvalue weighted by Crippen LogP contribution is 2.65. The second-order valence-corrected chi connectivity index (χ2v) is 21.2. The fourth-order valence-electron chi connectivity index (χ4n) is 9.97. The number of nitrogens with two attached hydrogens (primary N) is 2. The van der Waals surface area contributed by atoms with Crippen LogP contribution in [-0.2, 0) is 44.5 Å². The first-order valence-electron chi connectivity index (χ1n) is 24.8. The molecule has 7 amide bonds. The zero-order valence-electron chi connectivity index (χ0n) is 42.1. The molecule has 2 aromatic rings. The number of primary amides is 1. The number of unbranched alkanes of at least 4 members (excludes halogenated alkanes) is 2.